The lowest BCUT2D eigenvalue weighted by Gasteiger charge is -2.55. The van der Waals surface area contributed by atoms with Gasteiger partial charge in [-0.25, -0.2) is 0 Å². The number of hydrogen-bond donors (Lipinski definition) is 0. The summed E-state index contributed by atoms with van der Waals surface area (Å²) < 4.78 is 0. The number of carbonyl (C=O) groups is 1. The molecule has 0 aromatic carbocycles. The summed E-state index contributed by atoms with van der Waals surface area (Å²) in [6, 6.07) is 0. The molecule has 1 heteroatoms. The van der Waals surface area contributed by atoms with Crippen molar-refractivity contribution in [3.05, 3.63) is 11.6 Å². The molecule has 110 valence electrons. The minimum Gasteiger partial charge on any atom is -0.295 e. The van der Waals surface area contributed by atoms with Crippen LogP contribution in [-0.2, 0) is 4.79 Å². The van der Waals surface area contributed by atoms with Gasteiger partial charge < -0.3 is 0 Å². The molecule has 0 aromatic rings. The van der Waals surface area contributed by atoms with Crippen LogP contribution in [0.1, 0.15) is 65.2 Å². The maximum absolute atomic E-state index is 11.7. The number of hydrogen-bond acceptors (Lipinski definition) is 1. The first-order valence-corrected chi connectivity index (χ1v) is 8.82. The van der Waals surface area contributed by atoms with Crippen molar-refractivity contribution in [3.8, 4) is 0 Å². The lowest BCUT2D eigenvalue weighted by Crippen LogP contribution is -2.48. The largest absolute Gasteiger partial charge is 0.295 e. The summed E-state index contributed by atoms with van der Waals surface area (Å²) >= 11 is 0. The van der Waals surface area contributed by atoms with E-state index in [0.29, 0.717) is 11.2 Å². The Morgan fingerprint density at radius 3 is 2.90 bits per heavy atom. The molecule has 20 heavy (non-hydrogen) atoms. The van der Waals surface area contributed by atoms with Crippen molar-refractivity contribution >= 4 is 5.78 Å². The zero-order chi connectivity index (χ0) is 13.9. The maximum atomic E-state index is 11.7. The molecule has 4 aliphatic carbocycles. The van der Waals surface area contributed by atoms with Gasteiger partial charge in [-0.2, -0.15) is 0 Å². The van der Waals surface area contributed by atoms with E-state index in [9.17, 15) is 4.79 Å². The van der Waals surface area contributed by atoms with E-state index in [4.69, 9.17) is 0 Å². The van der Waals surface area contributed by atoms with Crippen LogP contribution in [0.15, 0.2) is 11.6 Å². The van der Waals surface area contributed by atoms with Crippen LogP contribution >= 0.6 is 0 Å². The Bertz CT molecular complexity index is 462. The second-order valence-corrected chi connectivity index (χ2v) is 8.44. The van der Waals surface area contributed by atoms with Crippen LogP contribution in [0.5, 0.6) is 0 Å². The fourth-order valence-electron chi connectivity index (χ4n) is 6.79. The minimum absolute atomic E-state index is 0.392. The molecule has 0 saturated heterocycles. The van der Waals surface area contributed by atoms with Gasteiger partial charge in [0.1, 0.15) is 0 Å². The first-order valence-electron chi connectivity index (χ1n) is 8.82. The molecule has 6 atom stereocenters. The number of fused-ring (bicyclic) bond motifs is 5. The molecule has 0 aromatic heterocycles. The van der Waals surface area contributed by atoms with Crippen LogP contribution in [0.25, 0.3) is 0 Å². The third-order valence-corrected chi connectivity index (χ3v) is 7.37. The van der Waals surface area contributed by atoms with Crippen molar-refractivity contribution in [2.45, 2.75) is 65.2 Å². The number of rotatable bonds is 0. The van der Waals surface area contributed by atoms with Gasteiger partial charge in [-0.3, -0.25) is 4.79 Å². The summed E-state index contributed by atoms with van der Waals surface area (Å²) in [7, 11) is 0. The monoisotopic (exact) mass is 272 g/mol. The Kier molecular flexibility index (Phi) is 2.91. The van der Waals surface area contributed by atoms with Crippen molar-refractivity contribution in [2.24, 2.45) is 35.0 Å². The smallest absolute Gasteiger partial charge is 0.155 e. The van der Waals surface area contributed by atoms with E-state index in [-0.39, 0.29) is 0 Å². The second-order valence-electron chi connectivity index (χ2n) is 8.44. The predicted molar refractivity (Wildman–Crippen MR) is 81.3 cm³/mol. The summed E-state index contributed by atoms with van der Waals surface area (Å²) in [5, 5.41) is 0. The summed E-state index contributed by atoms with van der Waals surface area (Å²) in [5.41, 5.74) is 2.17. The molecule has 0 amide bonds. The lowest BCUT2D eigenvalue weighted by atomic mass is 9.49. The first kappa shape index (κ1) is 13.1. The molecule has 0 radical (unpaired) electrons. The third-order valence-electron chi connectivity index (χ3n) is 7.37. The summed E-state index contributed by atoms with van der Waals surface area (Å²) in [4.78, 5) is 11.7. The van der Waals surface area contributed by atoms with Crippen LogP contribution in [-0.4, -0.2) is 5.78 Å². The molecular formula is C19H28O. The molecule has 4 unspecified atom stereocenters. The number of allylic oxidation sites excluding steroid dienone is 1. The normalized spacial score (nSPS) is 51.0. The average Bonchev–Trinajstić information content (AvgIpc) is 2.79. The molecular weight excluding hydrogens is 244 g/mol. The Labute approximate surface area is 123 Å². The Morgan fingerprint density at radius 1 is 1.20 bits per heavy atom. The van der Waals surface area contributed by atoms with E-state index in [1.54, 1.807) is 0 Å². The van der Waals surface area contributed by atoms with Gasteiger partial charge in [0.2, 0.25) is 0 Å². The highest BCUT2D eigenvalue weighted by atomic mass is 16.1. The topological polar surface area (TPSA) is 17.1 Å². The van der Waals surface area contributed by atoms with Gasteiger partial charge in [-0.1, -0.05) is 25.8 Å². The van der Waals surface area contributed by atoms with E-state index in [1.807, 2.05) is 6.08 Å². The summed E-state index contributed by atoms with van der Waals surface area (Å²) in [6.45, 7) is 5.09. The van der Waals surface area contributed by atoms with Gasteiger partial charge in [0.05, 0.1) is 0 Å². The Hall–Kier alpha value is -0.590. The standard InChI is InChI=1S/C19H28O/c1-12-11-19(2)9-3-4-17(19)16-7-5-13-10-14(20)6-8-15(13)18(12)16/h10,12,15-18H,3-9,11H2,1-2H3/t12-,15?,16?,17?,18?,19-/m0/s1. The second kappa shape index (κ2) is 4.45. The molecule has 4 aliphatic rings. The number of ketones is 1. The van der Waals surface area contributed by atoms with Gasteiger partial charge in [0.25, 0.3) is 0 Å². The van der Waals surface area contributed by atoms with Crippen LogP contribution in [0, 0.1) is 35.0 Å². The van der Waals surface area contributed by atoms with E-state index in [2.05, 4.69) is 13.8 Å². The first-order chi connectivity index (χ1) is 9.58. The summed E-state index contributed by atoms with van der Waals surface area (Å²) in [5.74, 6) is 4.85. The molecule has 3 saturated carbocycles. The molecule has 0 spiro atoms. The lowest BCUT2D eigenvalue weighted by molar-refractivity contribution is -0.116. The average molecular weight is 272 g/mol. The fourth-order valence-corrected chi connectivity index (χ4v) is 6.79. The summed E-state index contributed by atoms with van der Waals surface area (Å²) in [6.07, 6.45) is 12.4. The molecule has 0 bridgehead atoms. The van der Waals surface area contributed by atoms with E-state index < -0.39 is 0 Å². The van der Waals surface area contributed by atoms with Gasteiger partial charge in [0, 0.05) is 6.42 Å². The highest BCUT2D eigenvalue weighted by Crippen LogP contribution is 2.63. The van der Waals surface area contributed by atoms with Crippen molar-refractivity contribution in [2.75, 3.05) is 0 Å². The van der Waals surface area contributed by atoms with Gasteiger partial charge >= 0.3 is 0 Å². The quantitative estimate of drug-likeness (QED) is 0.621. The molecule has 4 rings (SSSR count). The molecule has 0 heterocycles. The van der Waals surface area contributed by atoms with Crippen molar-refractivity contribution in [1.29, 1.82) is 0 Å². The predicted octanol–water partition coefficient (Wildman–Crippen LogP) is 4.76. The Balaban J connectivity index is 1.68. The van der Waals surface area contributed by atoms with Crippen molar-refractivity contribution in [3.63, 3.8) is 0 Å². The van der Waals surface area contributed by atoms with Gasteiger partial charge in [-0.15, -0.1) is 0 Å². The highest BCUT2D eigenvalue weighted by molar-refractivity contribution is 5.91. The maximum Gasteiger partial charge on any atom is 0.155 e. The number of carbonyl (C=O) groups excluding carboxylic acids is 1. The van der Waals surface area contributed by atoms with Gasteiger partial charge in [0.15, 0.2) is 5.78 Å². The molecule has 0 aliphatic heterocycles. The van der Waals surface area contributed by atoms with Crippen LogP contribution in [0.4, 0.5) is 0 Å². The van der Waals surface area contributed by atoms with Crippen molar-refractivity contribution in [1.82, 2.24) is 0 Å². The Morgan fingerprint density at radius 2 is 2.05 bits per heavy atom. The molecule has 1 nitrogen and oxygen atoms in total. The van der Waals surface area contributed by atoms with Crippen LogP contribution in [0.2, 0.25) is 0 Å². The van der Waals surface area contributed by atoms with Crippen LogP contribution in [0.3, 0.4) is 0 Å². The fraction of sp³-hybridized carbons (Fsp3) is 0.842. The third kappa shape index (κ3) is 1.77. The molecule has 3 fully saturated rings. The highest BCUT2D eigenvalue weighted by Gasteiger charge is 2.54. The van der Waals surface area contributed by atoms with Gasteiger partial charge in [-0.05, 0) is 79.6 Å². The van der Waals surface area contributed by atoms with Crippen LogP contribution < -0.4 is 0 Å². The molecule has 0 N–H and O–H groups in total. The van der Waals surface area contributed by atoms with E-state index >= 15 is 0 Å². The van der Waals surface area contributed by atoms with E-state index in [0.717, 1.165) is 42.4 Å². The zero-order valence-corrected chi connectivity index (χ0v) is 13.0. The SMILES string of the molecule is C[C@H]1C[C@]2(C)CCCC2C2CCC3=CC(=O)CCC3C21. The zero-order valence-electron chi connectivity index (χ0n) is 13.0. The minimum atomic E-state index is 0.392. The van der Waals surface area contributed by atoms with E-state index in [1.165, 1.54) is 44.1 Å². The van der Waals surface area contributed by atoms with Crippen molar-refractivity contribution < 1.29 is 4.79 Å².